The normalized spacial score (nSPS) is 35.8. The van der Waals surface area contributed by atoms with Crippen molar-refractivity contribution in [3.63, 3.8) is 0 Å². The van der Waals surface area contributed by atoms with Crippen LogP contribution in [-0.4, -0.2) is 22.3 Å². The fourth-order valence-electron chi connectivity index (χ4n) is 0.741. The first-order chi connectivity index (χ1) is 4.13. The molecule has 3 atom stereocenters. The fourth-order valence-corrected chi connectivity index (χ4v) is 0.741. The molecular formula is C4H7NO4. The Morgan fingerprint density at radius 1 is 1.78 bits per heavy atom. The van der Waals surface area contributed by atoms with Crippen molar-refractivity contribution in [1.29, 1.82) is 0 Å². The lowest BCUT2D eigenvalue weighted by atomic mass is 10.4. The van der Waals surface area contributed by atoms with E-state index in [2.05, 4.69) is 0 Å². The number of aliphatic carboxylic acids is 1. The van der Waals surface area contributed by atoms with Gasteiger partial charge in [-0.05, 0) is 0 Å². The van der Waals surface area contributed by atoms with Gasteiger partial charge < -0.3 is 10.3 Å². The van der Waals surface area contributed by atoms with E-state index in [4.69, 9.17) is 10.3 Å². The van der Waals surface area contributed by atoms with Crippen LogP contribution in [0.15, 0.2) is 0 Å². The summed E-state index contributed by atoms with van der Waals surface area (Å²) in [7, 11) is 0. The largest absolute Gasteiger partial charge is 0.600 e. The highest BCUT2D eigenvalue weighted by Gasteiger charge is 2.49. The number of hydrogen-bond acceptors (Lipinski definition) is 3. The van der Waals surface area contributed by atoms with Gasteiger partial charge in [-0.15, -0.1) is 0 Å². The quantitative estimate of drug-likeness (QED) is 0.389. The number of nitrogens with one attached hydrogen (secondary N) is 1. The molecule has 0 spiro atoms. The van der Waals surface area contributed by atoms with Crippen LogP contribution in [0, 0.1) is 11.1 Å². The lowest BCUT2D eigenvalue weighted by Gasteiger charge is -2.09. The summed E-state index contributed by atoms with van der Waals surface area (Å²) in [5.41, 5.74) is 0. The molecule has 0 amide bonds. The summed E-state index contributed by atoms with van der Waals surface area (Å²) in [5, 5.41) is 25.4. The van der Waals surface area contributed by atoms with E-state index in [1.807, 2.05) is 0 Å². The third kappa shape index (κ3) is 1.18. The number of carboxylic acid groups (broad SMARTS) is 1. The van der Waals surface area contributed by atoms with Crippen LogP contribution in [0.1, 0.15) is 6.42 Å². The van der Waals surface area contributed by atoms with Gasteiger partial charge in [0, 0.05) is 6.42 Å². The number of hydrogen-bond donors (Lipinski definition) is 3. The maximum atomic E-state index is 10.0. The van der Waals surface area contributed by atoms with E-state index in [0.717, 1.165) is 0 Å². The van der Waals surface area contributed by atoms with Crippen LogP contribution in [0.2, 0.25) is 0 Å². The molecule has 1 rings (SSSR count). The minimum Gasteiger partial charge on any atom is -0.600 e. The predicted molar refractivity (Wildman–Crippen MR) is 25.6 cm³/mol. The van der Waals surface area contributed by atoms with Crippen molar-refractivity contribution in [2.24, 2.45) is 5.92 Å². The van der Waals surface area contributed by atoms with Crippen molar-refractivity contribution in [2.45, 2.75) is 12.5 Å². The molecule has 1 unspecified atom stereocenters. The Morgan fingerprint density at radius 3 is 2.44 bits per heavy atom. The zero-order valence-electron chi connectivity index (χ0n) is 4.57. The lowest BCUT2D eigenvalue weighted by Crippen LogP contribution is -3.06. The highest BCUT2D eigenvalue weighted by Crippen LogP contribution is 2.26. The van der Waals surface area contributed by atoms with Gasteiger partial charge in [-0.3, -0.25) is 4.79 Å². The van der Waals surface area contributed by atoms with E-state index in [0.29, 0.717) is 6.42 Å². The Bertz CT molecular complexity index is 135. The summed E-state index contributed by atoms with van der Waals surface area (Å²) < 4.78 is 0. The first kappa shape index (κ1) is 6.47. The molecule has 1 aliphatic rings. The molecule has 1 fully saturated rings. The third-order valence-electron chi connectivity index (χ3n) is 1.42. The van der Waals surface area contributed by atoms with Crippen molar-refractivity contribution in [1.82, 2.24) is 0 Å². The summed E-state index contributed by atoms with van der Waals surface area (Å²) in [4.78, 5) is 10.0. The van der Waals surface area contributed by atoms with Gasteiger partial charge in [0.2, 0.25) is 0 Å². The second-order valence-electron chi connectivity index (χ2n) is 2.13. The number of rotatable bonds is 2. The third-order valence-corrected chi connectivity index (χ3v) is 1.42. The van der Waals surface area contributed by atoms with Gasteiger partial charge in [0.05, 0.1) is 0 Å². The topological polar surface area (TPSA) is 85.0 Å². The average Bonchev–Trinajstić information content (AvgIpc) is 2.39. The molecule has 1 saturated carbocycles. The molecular weight excluding hydrogens is 126 g/mol. The van der Waals surface area contributed by atoms with Gasteiger partial charge in [-0.25, -0.2) is 10.4 Å². The van der Waals surface area contributed by atoms with Crippen LogP contribution in [-0.2, 0) is 4.79 Å². The Hall–Kier alpha value is -0.650. The first-order valence-electron chi connectivity index (χ1n) is 2.58. The Morgan fingerprint density at radius 2 is 2.33 bits per heavy atom. The van der Waals surface area contributed by atoms with Crippen molar-refractivity contribution >= 4 is 5.97 Å². The SMILES string of the molecule is O=C(O)[C@@H]1C[C@H]1[NH+]([O-])O. The second kappa shape index (κ2) is 1.94. The molecule has 1 aliphatic carbocycles. The van der Waals surface area contributed by atoms with Crippen LogP contribution in [0.25, 0.3) is 0 Å². The van der Waals surface area contributed by atoms with Gasteiger partial charge in [-0.2, -0.15) is 0 Å². The summed E-state index contributed by atoms with van der Waals surface area (Å²) in [6, 6.07) is -0.623. The van der Waals surface area contributed by atoms with E-state index in [1.165, 1.54) is 0 Å². The van der Waals surface area contributed by atoms with E-state index in [9.17, 15) is 10.0 Å². The Labute approximate surface area is 51.0 Å². The number of carbonyl (C=O) groups is 1. The number of quaternary nitrogens is 1. The van der Waals surface area contributed by atoms with Gasteiger partial charge in [-0.1, -0.05) is 0 Å². The predicted octanol–water partition coefficient (Wildman–Crippen LogP) is -1.77. The molecule has 0 saturated heterocycles. The maximum absolute atomic E-state index is 10.0. The minimum absolute atomic E-state index is 0.296. The minimum atomic E-state index is -0.998. The van der Waals surface area contributed by atoms with Crippen LogP contribution >= 0.6 is 0 Å². The van der Waals surface area contributed by atoms with E-state index < -0.39 is 23.2 Å². The van der Waals surface area contributed by atoms with Crippen molar-refractivity contribution in [3.8, 4) is 0 Å². The summed E-state index contributed by atoms with van der Waals surface area (Å²) >= 11 is 0. The monoisotopic (exact) mass is 133 g/mol. The Balaban J connectivity index is 2.33. The maximum Gasteiger partial charge on any atom is 0.312 e. The molecule has 0 bridgehead atoms. The standard InChI is InChI=1S/C4H7NO4/c6-4(7)2-1-3(2)5(8)9/h2-3,5,8H,1H2,(H,6,7)/t2-,3-/m1/s1. The summed E-state index contributed by atoms with van der Waals surface area (Å²) in [5.74, 6) is -1.62. The van der Waals surface area contributed by atoms with Crippen LogP contribution in [0.4, 0.5) is 0 Å². The van der Waals surface area contributed by atoms with Crippen LogP contribution in [0.3, 0.4) is 0 Å². The van der Waals surface area contributed by atoms with Gasteiger partial charge in [0.1, 0.15) is 12.0 Å². The van der Waals surface area contributed by atoms with Gasteiger partial charge in [0.25, 0.3) is 0 Å². The van der Waals surface area contributed by atoms with Crippen molar-refractivity contribution in [2.75, 3.05) is 0 Å². The number of hydroxylamine groups is 2. The van der Waals surface area contributed by atoms with E-state index >= 15 is 0 Å². The average molecular weight is 133 g/mol. The second-order valence-corrected chi connectivity index (χ2v) is 2.13. The summed E-state index contributed by atoms with van der Waals surface area (Å²) in [6.45, 7) is 0. The van der Waals surface area contributed by atoms with Crippen LogP contribution < -0.4 is 5.23 Å². The lowest BCUT2D eigenvalue weighted by molar-refractivity contribution is -1.06. The van der Waals surface area contributed by atoms with E-state index in [-0.39, 0.29) is 0 Å². The molecule has 9 heavy (non-hydrogen) atoms. The molecule has 3 N–H and O–H groups in total. The van der Waals surface area contributed by atoms with Crippen molar-refractivity contribution < 1.29 is 20.3 Å². The van der Waals surface area contributed by atoms with Crippen molar-refractivity contribution in [3.05, 3.63) is 5.21 Å². The Kier molecular flexibility index (Phi) is 1.40. The molecule has 0 radical (unpaired) electrons. The molecule has 0 aliphatic heterocycles. The molecule has 0 aromatic rings. The molecule has 0 heterocycles. The molecule has 0 aromatic heterocycles. The highest BCUT2D eigenvalue weighted by molar-refractivity contribution is 5.73. The number of carboxylic acids is 1. The van der Waals surface area contributed by atoms with Gasteiger partial charge >= 0.3 is 5.97 Å². The fraction of sp³-hybridized carbons (Fsp3) is 0.750. The smallest absolute Gasteiger partial charge is 0.312 e. The summed E-state index contributed by atoms with van der Waals surface area (Å²) in [6.07, 6.45) is 0.296. The molecule has 5 nitrogen and oxygen atoms in total. The first-order valence-corrected chi connectivity index (χ1v) is 2.58. The highest BCUT2D eigenvalue weighted by atomic mass is 16.8. The van der Waals surface area contributed by atoms with E-state index in [1.54, 1.807) is 0 Å². The van der Waals surface area contributed by atoms with Crippen LogP contribution in [0.5, 0.6) is 0 Å². The molecule has 5 heteroatoms. The molecule has 0 aromatic carbocycles. The zero-order valence-corrected chi connectivity index (χ0v) is 4.57. The molecule has 52 valence electrons. The van der Waals surface area contributed by atoms with Gasteiger partial charge in [0.15, 0.2) is 0 Å². The zero-order chi connectivity index (χ0) is 7.02.